The quantitative estimate of drug-likeness (QED) is 0.592. The largest absolute Gasteiger partial charge is 0.316 e. The van der Waals surface area contributed by atoms with Crippen molar-refractivity contribution in [1.82, 2.24) is 10.2 Å². The zero-order valence-corrected chi connectivity index (χ0v) is 7.32. The molecular weight excluding hydrogens is 148 g/mol. The van der Waals surface area contributed by atoms with E-state index in [1.165, 1.54) is 13.1 Å². The van der Waals surface area contributed by atoms with Crippen LogP contribution in [0.2, 0.25) is 0 Å². The summed E-state index contributed by atoms with van der Waals surface area (Å²) in [6, 6.07) is 0.909. The van der Waals surface area contributed by atoms with Crippen LogP contribution in [-0.4, -0.2) is 38.1 Å². The van der Waals surface area contributed by atoms with Crippen molar-refractivity contribution >= 4 is 12.4 Å². The maximum Gasteiger partial charge on any atom is 0.0177 e. The number of hydrogen-bond acceptors (Lipinski definition) is 2. The predicted molar refractivity (Wildman–Crippen MR) is 44.6 cm³/mol. The number of nitrogens with one attached hydrogen (secondary N) is 1. The maximum atomic E-state index is 3.38. The van der Waals surface area contributed by atoms with Crippen LogP contribution in [-0.2, 0) is 0 Å². The lowest BCUT2D eigenvalue weighted by atomic mass is 10.4. The smallest absolute Gasteiger partial charge is 0.0177 e. The minimum absolute atomic E-state index is 0. The average molecular weight is 163 g/mol. The molecule has 0 aromatic carbocycles. The van der Waals surface area contributed by atoms with Crippen LogP contribution in [0.15, 0.2) is 0 Å². The molecule has 2 nitrogen and oxygen atoms in total. The minimum Gasteiger partial charge on any atom is -0.316 e. The van der Waals surface area contributed by atoms with E-state index < -0.39 is 0 Å². The monoisotopic (exact) mass is 162 g/mol. The van der Waals surface area contributed by atoms with Gasteiger partial charge in [-0.2, -0.15) is 0 Å². The summed E-state index contributed by atoms with van der Waals surface area (Å²) in [4.78, 5) is 2.36. The molecule has 2 unspecified atom stereocenters. The van der Waals surface area contributed by atoms with Gasteiger partial charge in [-0.15, -0.1) is 12.4 Å². The number of halogens is 1. The Balaban J connectivity index is 0.000000500. The first-order valence-corrected chi connectivity index (χ1v) is 3.68. The van der Waals surface area contributed by atoms with Crippen molar-refractivity contribution in [3.8, 4) is 0 Å². The van der Waals surface area contributed by atoms with Crippen LogP contribution in [0.25, 0.3) is 0 Å². The molecule has 0 aromatic heterocycles. The van der Waals surface area contributed by atoms with Crippen molar-refractivity contribution in [2.75, 3.05) is 27.2 Å². The molecule has 3 heteroatoms. The number of fused-ring (bicyclic) bond motifs is 1. The Morgan fingerprint density at radius 3 is 2.00 bits per heavy atom. The fourth-order valence-electron chi connectivity index (χ4n) is 2.15. The van der Waals surface area contributed by atoms with Gasteiger partial charge >= 0.3 is 0 Å². The number of hydrogen-bond donors (Lipinski definition) is 1. The van der Waals surface area contributed by atoms with Gasteiger partial charge in [0.1, 0.15) is 0 Å². The van der Waals surface area contributed by atoms with Gasteiger partial charge in [-0.05, 0) is 39.0 Å². The Morgan fingerprint density at radius 2 is 1.70 bits per heavy atom. The highest BCUT2D eigenvalue weighted by Gasteiger charge is 2.53. The van der Waals surface area contributed by atoms with E-state index in [1.54, 1.807) is 0 Å². The predicted octanol–water partition coefficient (Wildman–Crippen LogP) is 0.188. The Bertz CT molecular complexity index is 117. The lowest BCUT2D eigenvalue weighted by molar-refractivity contribution is 0.350. The molecule has 0 bridgehead atoms. The number of rotatable bonds is 1. The van der Waals surface area contributed by atoms with Crippen LogP contribution in [0.4, 0.5) is 0 Å². The van der Waals surface area contributed by atoms with Crippen molar-refractivity contribution in [3.63, 3.8) is 0 Å². The third-order valence-corrected chi connectivity index (χ3v) is 2.64. The standard InChI is InChI=1S/C7H14N2.ClH/c1-9(2)7-5-3-8-4-6(5)7;/h5-8H,3-4H2,1-2H3;1H. The van der Waals surface area contributed by atoms with Crippen molar-refractivity contribution in [3.05, 3.63) is 0 Å². The van der Waals surface area contributed by atoms with Crippen molar-refractivity contribution in [2.45, 2.75) is 6.04 Å². The molecule has 2 fully saturated rings. The summed E-state index contributed by atoms with van der Waals surface area (Å²) in [5.41, 5.74) is 0. The third-order valence-electron chi connectivity index (χ3n) is 2.64. The molecule has 0 spiro atoms. The summed E-state index contributed by atoms with van der Waals surface area (Å²) in [5.74, 6) is 1.97. The van der Waals surface area contributed by atoms with E-state index in [9.17, 15) is 0 Å². The summed E-state index contributed by atoms with van der Waals surface area (Å²) in [5, 5.41) is 3.38. The molecule has 2 aliphatic rings. The fourth-order valence-corrected chi connectivity index (χ4v) is 2.15. The molecule has 0 radical (unpaired) electrons. The van der Waals surface area contributed by atoms with Crippen LogP contribution in [0.5, 0.6) is 0 Å². The molecule has 2 atom stereocenters. The number of piperidine rings is 1. The molecule has 1 aliphatic heterocycles. The van der Waals surface area contributed by atoms with Gasteiger partial charge < -0.3 is 10.2 Å². The van der Waals surface area contributed by atoms with Crippen LogP contribution in [0, 0.1) is 11.8 Å². The van der Waals surface area contributed by atoms with Crippen LogP contribution < -0.4 is 5.32 Å². The molecule has 0 amide bonds. The Kier molecular flexibility index (Phi) is 2.23. The van der Waals surface area contributed by atoms with E-state index in [1.807, 2.05) is 0 Å². The van der Waals surface area contributed by atoms with E-state index in [-0.39, 0.29) is 12.4 Å². The van der Waals surface area contributed by atoms with Gasteiger partial charge in [0.05, 0.1) is 0 Å². The molecule has 60 valence electrons. The Labute approximate surface area is 68.4 Å². The second kappa shape index (κ2) is 2.68. The minimum atomic E-state index is 0. The van der Waals surface area contributed by atoms with Gasteiger partial charge in [0.25, 0.3) is 0 Å². The highest BCUT2D eigenvalue weighted by atomic mass is 35.5. The molecule has 1 saturated carbocycles. The van der Waals surface area contributed by atoms with E-state index in [0.29, 0.717) is 0 Å². The lowest BCUT2D eigenvalue weighted by Gasteiger charge is -2.11. The maximum absolute atomic E-state index is 3.38. The normalized spacial score (nSPS) is 42.9. The average Bonchev–Trinajstić information content (AvgIpc) is 2.30. The van der Waals surface area contributed by atoms with Gasteiger partial charge in [0.15, 0.2) is 0 Å². The van der Waals surface area contributed by atoms with Crippen molar-refractivity contribution in [1.29, 1.82) is 0 Å². The SMILES string of the molecule is CN(C)C1C2CNCC21.Cl. The van der Waals surface area contributed by atoms with Crippen LogP contribution in [0.1, 0.15) is 0 Å². The molecule has 2 rings (SSSR count). The van der Waals surface area contributed by atoms with Crippen molar-refractivity contribution in [2.24, 2.45) is 11.8 Å². The summed E-state index contributed by atoms with van der Waals surface area (Å²) >= 11 is 0. The first-order valence-electron chi connectivity index (χ1n) is 3.68. The number of nitrogens with zero attached hydrogens (tertiary/aromatic N) is 1. The van der Waals surface area contributed by atoms with Crippen LogP contribution >= 0.6 is 12.4 Å². The summed E-state index contributed by atoms with van der Waals surface area (Å²) in [6.07, 6.45) is 0. The van der Waals surface area contributed by atoms with E-state index in [0.717, 1.165) is 17.9 Å². The van der Waals surface area contributed by atoms with E-state index >= 15 is 0 Å². The molecule has 10 heavy (non-hydrogen) atoms. The Hall–Kier alpha value is 0.210. The fraction of sp³-hybridized carbons (Fsp3) is 1.00. The molecule has 1 heterocycles. The van der Waals surface area contributed by atoms with Gasteiger partial charge in [-0.1, -0.05) is 0 Å². The summed E-state index contributed by atoms with van der Waals surface area (Å²) in [6.45, 7) is 2.51. The molecule has 0 aromatic rings. The molecule has 1 aliphatic carbocycles. The second-order valence-electron chi connectivity index (χ2n) is 3.44. The Morgan fingerprint density at radius 1 is 1.20 bits per heavy atom. The molecular formula is C7H15ClN2. The highest BCUT2D eigenvalue weighted by Crippen LogP contribution is 2.44. The topological polar surface area (TPSA) is 15.3 Å². The lowest BCUT2D eigenvalue weighted by Crippen LogP contribution is -2.26. The zero-order valence-electron chi connectivity index (χ0n) is 6.50. The van der Waals surface area contributed by atoms with Crippen molar-refractivity contribution < 1.29 is 0 Å². The summed E-state index contributed by atoms with van der Waals surface area (Å²) in [7, 11) is 4.37. The first-order chi connectivity index (χ1) is 4.30. The third kappa shape index (κ3) is 1.04. The van der Waals surface area contributed by atoms with Gasteiger partial charge in [-0.25, -0.2) is 0 Å². The first kappa shape index (κ1) is 8.31. The summed E-state index contributed by atoms with van der Waals surface area (Å²) < 4.78 is 0. The molecule has 1 N–H and O–H groups in total. The van der Waals surface area contributed by atoms with Gasteiger partial charge in [-0.3, -0.25) is 0 Å². The van der Waals surface area contributed by atoms with Gasteiger partial charge in [0, 0.05) is 6.04 Å². The van der Waals surface area contributed by atoms with Crippen LogP contribution in [0.3, 0.4) is 0 Å². The molecule has 1 saturated heterocycles. The van der Waals surface area contributed by atoms with E-state index in [4.69, 9.17) is 0 Å². The zero-order chi connectivity index (χ0) is 6.43. The second-order valence-corrected chi connectivity index (χ2v) is 3.44. The van der Waals surface area contributed by atoms with Gasteiger partial charge in [0.2, 0.25) is 0 Å². The van der Waals surface area contributed by atoms with E-state index in [2.05, 4.69) is 24.3 Å². The highest BCUT2D eigenvalue weighted by molar-refractivity contribution is 5.85.